The highest BCUT2D eigenvalue weighted by molar-refractivity contribution is 5.93. The van der Waals surface area contributed by atoms with Crippen LogP contribution in [0.3, 0.4) is 0 Å². The molecule has 0 fully saturated rings. The van der Waals surface area contributed by atoms with E-state index >= 15 is 0 Å². The number of para-hydroxylation sites is 1. The van der Waals surface area contributed by atoms with Crippen molar-refractivity contribution < 1.29 is 19.2 Å². The van der Waals surface area contributed by atoms with Crippen LogP contribution < -0.4 is 0 Å². The molecule has 0 aliphatic rings. The first kappa shape index (κ1) is 17.1. The second-order valence-corrected chi connectivity index (χ2v) is 4.00. The van der Waals surface area contributed by atoms with E-state index in [0.29, 0.717) is 5.56 Å². The first-order valence-corrected chi connectivity index (χ1v) is 6.28. The largest absolute Gasteiger partial charge is 0.459 e. The third-order valence-corrected chi connectivity index (χ3v) is 2.53. The molecule has 114 valence electrons. The molecule has 0 bridgehead atoms. The molecule has 7 heteroatoms. The molecule has 0 radical (unpaired) electrons. The lowest BCUT2D eigenvalue weighted by Gasteiger charge is -2.01. The number of carbonyl (C=O) groups excluding carboxylic acids is 1. The molecule has 0 unspecified atom stereocenters. The normalized spacial score (nSPS) is 11.2. The summed E-state index contributed by atoms with van der Waals surface area (Å²) in [6.07, 6.45) is 4.07. The highest BCUT2D eigenvalue weighted by atomic mass is 16.6. The third kappa shape index (κ3) is 5.19. The molecule has 0 heterocycles. The van der Waals surface area contributed by atoms with E-state index in [1.165, 1.54) is 31.4 Å². The minimum atomic E-state index is -0.772. The quantitative estimate of drug-likeness (QED) is 0.145. The van der Waals surface area contributed by atoms with Gasteiger partial charge in [-0.15, -0.1) is 0 Å². The third-order valence-electron chi connectivity index (χ3n) is 2.53. The van der Waals surface area contributed by atoms with Crippen LogP contribution in [0.15, 0.2) is 42.0 Å². The molecular weight excluding hydrogens is 288 g/mol. The number of nitro groups is 1. The second-order valence-electron chi connectivity index (χ2n) is 4.00. The summed E-state index contributed by atoms with van der Waals surface area (Å²) in [5.41, 5.74) is 0.105. The average Bonchev–Trinajstić information content (AvgIpc) is 2.52. The van der Waals surface area contributed by atoms with Gasteiger partial charge in [-0.05, 0) is 18.2 Å². The van der Waals surface area contributed by atoms with E-state index in [-0.39, 0.29) is 24.5 Å². The number of rotatable bonds is 7. The van der Waals surface area contributed by atoms with Crippen LogP contribution in [0.1, 0.15) is 5.56 Å². The Labute approximate surface area is 127 Å². The number of nitriles is 1. The van der Waals surface area contributed by atoms with Crippen molar-refractivity contribution in [3.8, 4) is 6.07 Å². The van der Waals surface area contributed by atoms with Gasteiger partial charge in [0.2, 0.25) is 0 Å². The van der Waals surface area contributed by atoms with Crippen molar-refractivity contribution in [1.29, 1.82) is 5.26 Å². The molecule has 0 amide bonds. The van der Waals surface area contributed by atoms with E-state index in [1.54, 1.807) is 24.3 Å². The second kappa shape index (κ2) is 9.05. The van der Waals surface area contributed by atoms with Crippen molar-refractivity contribution >= 4 is 17.7 Å². The Bertz CT molecular complexity index is 644. The number of ether oxygens (including phenoxy) is 2. The Morgan fingerprint density at radius 1 is 1.41 bits per heavy atom. The van der Waals surface area contributed by atoms with Gasteiger partial charge in [0.15, 0.2) is 0 Å². The summed E-state index contributed by atoms with van der Waals surface area (Å²) in [6.45, 7) is 0.277. The topological polar surface area (TPSA) is 102 Å². The maximum atomic E-state index is 11.6. The molecule has 1 rings (SSSR count). The van der Waals surface area contributed by atoms with Gasteiger partial charge in [-0.1, -0.05) is 18.2 Å². The lowest BCUT2D eigenvalue weighted by atomic mass is 10.1. The van der Waals surface area contributed by atoms with Crippen LogP contribution in [0.2, 0.25) is 0 Å². The first-order chi connectivity index (χ1) is 10.6. The van der Waals surface area contributed by atoms with E-state index in [4.69, 9.17) is 14.7 Å². The maximum absolute atomic E-state index is 11.6. The molecule has 0 N–H and O–H groups in total. The fourth-order valence-corrected chi connectivity index (χ4v) is 1.49. The van der Waals surface area contributed by atoms with Crippen LogP contribution >= 0.6 is 0 Å². The van der Waals surface area contributed by atoms with Crippen molar-refractivity contribution in [1.82, 2.24) is 0 Å². The Kier molecular flexibility index (Phi) is 7.02. The van der Waals surface area contributed by atoms with Gasteiger partial charge >= 0.3 is 5.97 Å². The number of hydrogen-bond donors (Lipinski definition) is 0. The SMILES string of the molecule is COCCOC(=O)/C(C#N)=C/C=C/c1ccccc1[N+](=O)[O-]. The summed E-state index contributed by atoms with van der Waals surface area (Å²) in [5.74, 6) is -0.772. The molecule has 0 aliphatic heterocycles. The number of nitro benzene ring substituents is 1. The zero-order valence-electron chi connectivity index (χ0n) is 11.9. The van der Waals surface area contributed by atoms with E-state index in [2.05, 4.69) is 0 Å². The molecule has 0 saturated carbocycles. The molecule has 0 atom stereocenters. The van der Waals surface area contributed by atoms with Crippen LogP contribution in [0.25, 0.3) is 6.08 Å². The van der Waals surface area contributed by atoms with Crippen LogP contribution in [-0.4, -0.2) is 31.2 Å². The smallest absolute Gasteiger partial charge is 0.348 e. The summed E-state index contributed by atoms with van der Waals surface area (Å²) in [4.78, 5) is 21.9. The highest BCUT2D eigenvalue weighted by Gasteiger charge is 2.10. The van der Waals surface area contributed by atoms with Gasteiger partial charge in [0.1, 0.15) is 18.2 Å². The number of esters is 1. The fourth-order valence-electron chi connectivity index (χ4n) is 1.49. The van der Waals surface area contributed by atoms with Crippen LogP contribution in [0.4, 0.5) is 5.69 Å². The minimum absolute atomic E-state index is 0.0439. The molecule has 1 aromatic rings. The van der Waals surface area contributed by atoms with E-state index < -0.39 is 10.9 Å². The van der Waals surface area contributed by atoms with Gasteiger partial charge in [-0.2, -0.15) is 5.26 Å². The van der Waals surface area contributed by atoms with Gasteiger partial charge in [0, 0.05) is 13.2 Å². The molecule has 0 saturated heterocycles. The fraction of sp³-hybridized carbons (Fsp3) is 0.200. The molecule has 7 nitrogen and oxygen atoms in total. The van der Waals surface area contributed by atoms with Crippen molar-refractivity contribution in [3.63, 3.8) is 0 Å². The van der Waals surface area contributed by atoms with E-state index in [0.717, 1.165) is 0 Å². The minimum Gasteiger partial charge on any atom is -0.459 e. The summed E-state index contributed by atoms with van der Waals surface area (Å²) in [7, 11) is 1.46. The number of nitrogens with zero attached hydrogens (tertiary/aromatic N) is 2. The lowest BCUT2D eigenvalue weighted by Crippen LogP contribution is -2.10. The van der Waals surface area contributed by atoms with E-state index in [1.807, 2.05) is 0 Å². The zero-order chi connectivity index (χ0) is 16.4. The molecular formula is C15H14N2O5. The lowest BCUT2D eigenvalue weighted by molar-refractivity contribution is -0.385. The van der Waals surface area contributed by atoms with Gasteiger partial charge in [0.25, 0.3) is 5.69 Å². The average molecular weight is 302 g/mol. The summed E-state index contributed by atoms with van der Waals surface area (Å²) >= 11 is 0. The summed E-state index contributed by atoms with van der Waals surface area (Å²) in [5, 5.41) is 19.7. The first-order valence-electron chi connectivity index (χ1n) is 6.28. The number of methoxy groups -OCH3 is 1. The van der Waals surface area contributed by atoms with Crippen LogP contribution in [0, 0.1) is 21.4 Å². The van der Waals surface area contributed by atoms with Crippen molar-refractivity contribution in [2.45, 2.75) is 0 Å². The number of carbonyl (C=O) groups is 1. The highest BCUT2D eigenvalue weighted by Crippen LogP contribution is 2.19. The zero-order valence-corrected chi connectivity index (χ0v) is 11.9. The van der Waals surface area contributed by atoms with Crippen LogP contribution in [0.5, 0.6) is 0 Å². The maximum Gasteiger partial charge on any atom is 0.348 e. The van der Waals surface area contributed by atoms with Crippen molar-refractivity contribution in [2.24, 2.45) is 0 Å². The van der Waals surface area contributed by atoms with Gasteiger partial charge < -0.3 is 9.47 Å². The predicted octanol–water partition coefficient (Wildman–Crippen LogP) is 2.25. The molecule has 0 spiro atoms. The number of hydrogen-bond acceptors (Lipinski definition) is 6. The predicted molar refractivity (Wildman–Crippen MR) is 78.7 cm³/mol. The number of benzene rings is 1. The van der Waals surface area contributed by atoms with Crippen molar-refractivity contribution in [2.75, 3.05) is 20.3 Å². The van der Waals surface area contributed by atoms with Crippen LogP contribution in [-0.2, 0) is 14.3 Å². The van der Waals surface area contributed by atoms with Gasteiger partial charge in [-0.25, -0.2) is 4.79 Å². The monoisotopic (exact) mass is 302 g/mol. The van der Waals surface area contributed by atoms with E-state index in [9.17, 15) is 14.9 Å². The molecule has 22 heavy (non-hydrogen) atoms. The van der Waals surface area contributed by atoms with Crippen molar-refractivity contribution in [3.05, 3.63) is 57.7 Å². The molecule has 0 aliphatic carbocycles. The Balaban J connectivity index is 2.82. The standard InChI is InChI=1S/C15H14N2O5/c1-21-9-10-22-15(18)13(11-16)7-4-6-12-5-2-3-8-14(12)17(19)20/h2-8H,9-10H2,1H3/b6-4+,13-7+. The Hall–Kier alpha value is -2.98. The Morgan fingerprint density at radius 3 is 2.77 bits per heavy atom. The van der Waals surface area contributed by atoms with Gasteiger partial charge in [0.05, 0.1) is 17.1 Å². The summed E-state index contributed by atoms with van der Waals surface area (Å²) in [6, 6.07) is 7.85. The number of allylic oxidation sites excluding steroid dienone is 2. The molecule has 0 aromatic heterocycles. The molecule has 1 aromatic carbocycles. The Morgan fingerprint density at radius 2 is 2.14 bits per heavy atom. The summed E-state index contributed by atoms with van der Waals surface area (Å²) < 4.78 is 9.53. The van der Waals surface area contributed by atoms with Gasteiger partial charge in [-0.3, -0.25) is 10.1 Å².